The first-order chi connectivity index (χ1) is 10.2. The van der Waals surface area contributed by atoms with Crippen molar-refractivity contribution in [2.75, 3.05) is 24.5 Å². The molecule has 2 aliphatic heterocycles. The average Bonchev–Trinajstić information content (AvgIpc) is 3.01. The minimum atomic E-state index is -0.751. The smallest absolute Gasteiger partial charge is 0.327 e. The summed E-state index contributed by atoms with van der Waals surface area (Å²) in [5.74, 6) is -0.261. The van der Waals surface area contributed by atoms with E-state index in [1.54, 1.807) is 12.1 Å². The Balaban J connectivity index is 1.83. The molecule has 0 amide bonds. The molecule has 0 spiro atoms. The van der Waals surface area contributed by atoms with Crippen molar-refractivity contribution in [1.29, 1.82) is 0 Å². The Kier molecular flexibility index (Phi) is 4.05. The lowest BCUT2D eigenvalue weighted by Crippen LogP contribution is -2.43. The van der Waals surface area contributed by atoms with Crippen LogP contribution in [0.5, 0.6) is 0 Å². The summed E-state index contributed by atoms with van der Waals surface area (Å²) in [7, 11) is 0. The highest BCUT2D eigenvalue weighted by atomic mass is 19.1. The van der Waals surface area contributed by atoms with Gasteiger partial charge >= 0.3 is 5.69 Å². The maximum atomic E-state index is 13.8. The summed E-state index contributed by atoms with van der Waals surface area (Å²) in [6.45, 7) is 2.58. The summed E-state index contributed by atoms with van der Waals surface area (Å²) in [4.78, 5) is 12.5. The third-order valence-corrected chi connectivity index (χ3v) is 4.61. The molecule has 5 nitrogen and oxygen atoms in total. The van der Waals surface area contributed by atoms with Gasteiger partial charge in [0.2, 0.25) is 5.82 Å². The van der Waals surface area contributed by atoms with Crippen molar-refractivity contribution >= 4 is 11.4 Å². The Labute approximate surface area is 123 Å². The van der Waals surface area contributed by atoms with E-state index in [-0.39, 0.29) is 0 Å². The van der Waals surface area contributed by atoms with E-state index >= 15 is 0 Å². The number of para-hydroxylation sites is 1. The van der Waals surface area contributed by atoms with Crippen LogP contribution in [-0.4, -0.2) is 30.6 Å². The van der Waals surface area contributed by atoms with Gasteiger partial charge in [-0.05, 0) is 50.3 Å². The Hall–Kier alpha value is -1.69. The van der Waals surface area contributed by atoms with Gasteiger partial charge < -0.3 is 10.2 Å². The van der Waals surface area contributed by atoms with Crippen LogP contribution in [0.4, 0.5) is 15.8 Å². The van der Waals surface area contributed by atoms with Crippen LogP contribution < -0.4 is 10.2 Å². The van der Waals surface area contributed by atoms with Crippen LogP contribution in [0.25, 0.3) is 0 Å². The lowest BCUT2D eigenvalue weighted by atomic mass is 9.89. The molecule has 0 aromatic heterocycles. The molecule has 1 aromatic rings. The molecule has 2 saturated heterocycles. The van der Waals surface area contributed by atoms with Gasteiger partial charge in [-0.25, -0.2) is 0 Å². The monoisotopic (exact) mass is 293 g/mol. The average molecular weight is 293 g/mol. The number of nitro groups is 1. The number of piperidine rings is 1. The Morgan fingerprint density at radius 1 is 1.33 bits per heavy atom. The lowest BCUT2D eigenvalue weighted by molar-refractivity contribution is -0.386. The zero-order chi connectivity index (χ0) is 14.8. The quantitative estimate of drug-likeness (QED) is 0.687. The molecule has 0 bridgehead atoms. The summed E-state index contributed by atoms with van der Waals surface area (Å²) in [5, 5.41) is 14.7. The Bertz CT molecular complexity index is 532. The van der Waals surface area contributed by atoms with E-state index in [1.807, 2.05) is 4.90 Å². The Morgan fingerprint density at radius 2 is 2.19 bits per heavy atom. The minimum absolute atomic E-state index is 0.391. The standard InChI is InChI=1S/C15H20FN3O2/c16-12-5-1-7-14(15(12)19(20)21)18-9-3-4-11(10-18)13-6-2-8-17-13/h1,5,7,11,13,17H,2-4,6,8-10H2. The van der Waals surface area contributed by atoms with Gasteiger partial charge in [0.05, 0.1) is 4.92 Å². The first kappa shape index (κ1) is 14.3. The predicted octanol–water partition coefficient (Wildman–Crippen LogP) is 2.70. The molecule has 2 atom stereocenters. The fourth-order valence-electron chi connectivity index (χ4n) is 3.61. The SMILES string of the molecule is O=[N+]([O-])c1c(F)cccc1N1CCCC(C2CCCN2)C1. The number of nitro benzene ring substituents is 1. The van der Waals surface area contributed by atoms with Gasteiger partial charge in [-0.3, -0.25) is 10.1 Å². The molecule has 1 aromatic carbocycles. The maximum absolute atomic E-state index is 13.8. The largest absolute Gasteiger partial charge is 0.366 e. The zero-order valence-corrected chi connectivity index (χ0v) is 11.9. The Morgan fingerprint density at radius 3 is 2.90 bits per heavy atom. The molecule has 6 heteroatoms. The molecule has 1 N–H and O–H groups in total. The van der Waals surface area contributed by atoms with Gasteiger partial charge in [0, 0.05) is 19.1 Å². The van der Waals surface area contributed by atoms with Gasteiger partial charge in [0.15, 0.2) is 0 Å². The fraction of sp³-hybridized carbons (Fsp3) is 0.600. The highest BCUT2D eigenvalue weighted by Crippen LogP contribution is 2.34. The number of anilines is 1. The summed E-state index contributed by atoms with van der Waals surface area (Å²) in [6, 6.07) is 4.86. The van der Waals surface area contributed by atoms with Crippen LogP contribution in [0.3, 0.4) is 0 Å². The van der Waals surface area contributed by atoms with Crippen LogP contribution >= 0.6 is 0 Å². The van der Waals surface area contributed by atoms with Crippen molar-refractivity contribution in [2.45, 2.75) is 31.7 Å². The van der Waals surface area contributed by atoms with E-state index in [0.29, 0.717) is 17.6 Å². The number of rotatable bonds is 3. The minimum Gasteiger partial charge on any atom is -0.366 e. The van der Waals surface area contributed by atoms with Crippen molar-refractivity contribution in [3.8, 4) is 0 Å². The number of hydrogen-bond donors (Lipinski definition) is 1. The zero-order valence-electron chi connectivity index (χ0n) is 11.9. The molecule has 2 unspecified atom stereocenters. The first-order valence-corrected chi connectivity index (χ1v) is 7.58. The molecule has 2 aliphatic rings. The van der Waals surface area contributed by atoms with E-state index in [9.17, 15) is 14.5 Å². The van der Waals surface area contributed by atoms with E-state index in [1.165, 1.54) is 12.8 Å². The van der Waals surface area contributed by atoms with Crippen LogP contribution in [-0.2, 0) is 0 Å². The van der Waals surface area contributed by atoms with E-state index < -0.39 is 16.4 Å². The highest BCUT2D eigenvalue weighted by molar-refractivity contribution is 5.64. The molecule has 0 aliphatic carbocycles. The first-order valence-electron chi connectivity index (χ1n) is 7.58. The molecule has 114 valence electrons. The summed E-state index contributed by atoms with van der Waals surface area (Å²) in [5.41, 5.74) is 0.0280. The normalized spacial score (nSPS) is 26.0. The van der Waals surface area contributed by atoms with Crippen LogP contribution in [0, 0.1) is 21.8 Å². The maximum Gasteiger partial charge on any atom is 0.327 e. The topological polar surface area (TPSA) is 58.4 Å². The molecule has 21 heavy (non-hydrogen) atoms. The van der Waals surface area contributed by atoms with Crippen molar-refractivity contribution in [3.63, 3.8) is 0 Å². The summed E-state index contributed by atoms with van der Waals surface area (Å²) >= 11 is 0. The predicted molar refractivity (Wildman–Crippen MR) is 79.0 cm³/mol. The van der Waals surface area contributed by atoms with Crippen molar-refractivity contribution < 1.29 is 9.31 Å². The molecule has 0 saturated carbocycles. The third kappa shape index (κ3) is 2.85. The highest BCUT2D eigenvalue weighted by Gasteiger charge is 2.32. The van der Waals surface area contributed by atoms with Crippen molar-refractivity contribution in [3.05, 3.63) is 34.1 Å². The van der Waals surface area contributed by atoms with E-state index in [2.05, 4.69) is 5.32 Å². The van der Waals surface area contributed by atoms with Gasteiger partial charge in [-0.15, -0.1) is 0 Å². The lowest BCUT2D eigenvalue weighted by Gasteiger charge is -2.36. The molecule has 0 radical (unpaired) electrons. The molecule has 2 fully saturated rings. The second-order valence-corrected chi connectivity index (χ2v) is 5.92. The van der Waals surface area contributed by atoms with Crippen molar-refractivity contribution in [1.82, 2.24) is 5.32 Å². The van der Waals surface area contributed by atoms with Gasteiger partial charge in [0.1, 0.15) is 5.69 Å². The van der Waals surface area contributed by atoms with Crippen LogP contribution in [0.2, 0.25) is 0 Å². The molecule has 3 rings (SSSR count). The number of nitrogens with zero attached hydrogens (tertiary/aromatic N) is 2. The second-order valence-electron chi connectivity index (χ2n) is 5.92. The number of nitrogens with one attached hydrogen (secondary N) is 1. The number of hydrogen-bond acceptors (Lipinski definition) is 4. The molecular weight excluding hydrogens is 273 g/mol. The number of halogens is 1. The third-order valence-electron chi connectivity index (χ3n) is 4.61. The second kappa shape index (κ2) is 5.97. The van der Waals surface area contributed by atoms with Gasteiger partial charge in [0.25, 0.3) is 0 Å². The molecular formula is C15H20FN3O2. The van der Waals surface area contributed by atoms with E-state index in [0.717, 1.165) is 38.5 Å². The van der Waals surface area contributed by atoms with Gasteiger partial charge in [-0.2, -0.15) is 4.39 Å². The number of benzene rings is 1. The van der Waals surface area contributed by atoms with E-state index in [4.69, 9.17) is 0 Å². The summed E-state index contributed by atoms with van der Waals surface area (Å²) in [6.07, 6.45) is 4.50. The van der Waals surface area contributed by atoms with Crippen molar-refractivity contribution in [2.24, 2.45) is 5.92 Å². The summed E-state index contributed by atoms with van der Waals surface area (Å²) < 4.78 is 13.8. The van der Waals surface area contributed by atoms with Crippen LogP contribution in [0.1, 0.15) is 25.7 Å². The van der Waals surface area contributed by atoms with Gasteiger partial charge in [-0.1, -0.05) is 6.07 Å². The van der Waals surface area contributed by atoms with Crippen LogP contribution in [0.15, 0.2) is 18.2 Å². The fourth-order valence-corrected chi connectivity index (χ4v) is 3.61. The molecule has 2 heterocycles.